The van der Waals surface area contributed by atoms with Gasteiger partial charge in [0, 0.05) is 5.57 Å². The molecule has 2 heteroatoms. The van der Waals surface area contributed by atoms with Crippen LogP contribution in [0.5, 0.6) is 0 Å². The van der Waals surface area contributed by atoms with E-state index in [9.17, 15) is 4.79 Å². The largest absolute Gasteiger partial charge is 0.449 e. The van der Waals surface area contributed by atoms with Crippen molar-refractivity contribution in [3.05, 3.63) is 83.4 Å². The van der Waals surface area contributed by atoms with E-state index in [1.165, 1.54) is 5.56 Å². The first kappa shape index (κ1) is 14.1. The monoisotopic (exact) mass is 266 g/mol. The highest BCUT2D eigenvalue weighted by Crippen LogP contribution is 2.27. The third-order valence-electron chi connectivity index (χ3n) is 3.06. The standard InChI is InChI=1S/C18H18O2/c1-13(2)18(19)20-17(15-7-5-4-6-8-15)16-11-9-14(3)10-12-16/h4-12,17H,1H2,2-3H3. The molecule has 0 aliphatic rings. The van der Waals surface area contributed by atoms with Crippen LogP contribution in [0, 0.1) is 6.92 Å². The average Bonchev–Trinajstić information content (AvgIpc) is 2.46. The fraction of sp³-hybridized carbons (Fsp3) is 0.167. The van der Waals surface area contributed by atoms with Crippen molar-refractivity contribution in [2.24, 2.45) is 0 Å². The Morgan fingerprint density at radius 1 is 1.00 bits per heavy atom. The molecule has 0 saturated carbocycles. The van der Waals surface area contributed by atoms with Gasteiger partial charge in [-0.05, 0) is 25.0 Å². The Bertz CT molecular complexity index is 597. The number of rotatable bonds is 4. The highest BCUT2D eigenvalue weighted by molar-refractivity contribution is 5.87. The van der Waals surface area contributed by atoms with Crippen LogP contribution in [0.4, 0.5) is 0 Å². The number of hydrogen-bond acceptors (Lipinski definition) is 2. The van der Waals surface area contributed by atoms with E-state index < -0.39 is 6.10 Å². The van der Waals surface area contributed by atoms with Crippen LogP contribution >= 0.6 is 0 Å². The normalized spacial score (nSPS) is 11.7. The van der Waals surface area contributed by atoms with Crippen molar-refractivity contribution in [3.63, 3.8) is 0 Å². The molecular formula is C18H18O2. The maximum atomic E-state index is 11.8. The third-order valence-corrected chi connectivity index (χ3v) is 3.06. The number of hydrogen-bond donors (Lipinski definition) is 0. The summed E-state index contributed by atoms with van der Waals surface area (Å²) < 4.78 is 5.59. The van der Waals surface area contributed by atoms with E-state index in [4.69, 9.17) is 4.74 Å². The summed E-state index contributed by atoms with van der Waals surface area (Å²) >= 11 is 0. The van der Waals surface area contributed by atoms with Crippen LogP contribution in [0.3, 0.4) is 0 Å². The molecule has 0 saturated heterocycles. The molecule has 2 rings (SSSR count). The lowest BCUT2D eigenvalue weighted by atomic mass is 10.0. The van der Waals surface area contributed by atoms with E-state index in [0.717, 1.165) is 11.1 Å². The van der Waals surface area contributed by atoms with Gasteiger partial charge in [0.15, 0.2) is 6.10 Å². The van der Waals surface area contributed by atoms with E-state index >= 15 is 0 Å². The quantitative estimate of drug-likeness (QED) is 0.612. The predicted octanol–water partition coefficient (Wildman–Crippen LogP) is 4.20. The summed E-state index contributed by atoms with van der Waals surface area (Å²) in [5.74, 6) is -0.376. The highest BCUT2D eigenvalue weighted by Gasteiger charge is 2.19. The third kappa shape index (κ3) is 3.35. The Morgan fingerprint density at radius 3 is 2.10 bits per heavy atom. The molecule has 0 spiro atoms. The Kier molecular flexibility index (Phi) is 4.36. The van der Waals surface area contributed by atoms with Crippen LogP contribution in [0.15, 0.2) is 66.7 Å². The van der Waals surface area contributed by atoms with Crippen molar-refractivity contribution < 1.29 is 9.53 Å². The number of esters is 1. The lowest BCUT2D eigenvalue weighted by molar-refractivity contribution is -0.142. The molecule has 2 nitrogen and oxygen atoms in total. The highest BCUT2D eigenvalue weighted by atomic mass is 16.5. The molecule has 0 fully saturated rings. The minimum atomic E-state index is -0.402. The van der Waals surface area contributed by atoms with E-state index in [1.807, 2.05) is 61.5 Å². The number of ether oxygens (including phenoxy) is 1. The zero-order valence-electron chi connectivity index (χ0n) is 11.8. The van der Waals surface area contributed by atoms with Gasteiger partial charge in [0.05, 0.1) is 0 Å². The summed E-state index contributed by atoms with van der Waals surface area (Å²) in [5.41, 5.74) is 3.48. The van der Waals surface area contributed by atoms with Gasteiger partial charge in [0.25, 0.3) is 0 Å². The Hall–Kier alpha value is -2.35. The van der Waals surface area contributed by atoms with Gasteiger partial charge in [-0.15, -0.1) is 0 Å². The molecule has 0 radical (unpaired) electrons. The molecule has 102 valence electrons. The molecule has 1 unspecified atom stereocenters. The molecular weight excluding hydrogens is 248 g/mol. The first-order chi connectivity index (χ1) is 9.58. The van der Waals surface area contributed by atoms with Crippen molar-refractivity contribution in [2.75, 3.05) is 0 Å². The van der Waals surface area contributed by atoms with Gasteiger partial charge >= 0.3 is 5.97 Å². The van der Waals surface area contributed by atoms with Crippen LogP contribution in [0.25, 0.3) is 0 Å². The molecule has 0 aromatic heterocycles. The second-order valence-electron chi connectivity index (χ2n) is 4.89. The molecule has 20 heavy (non-hydrogen) atoms. The van der Waals surface area contributed by atoms with Gasteiger partial charge in [-0.1, -0.05) is 66.7 Å². The van der Waals surface area contributed by atoms with Gasteiger partial charge in [-0.25, -0.2) is 4.79 Å². The first-order valence-corrected chi connectivity index (χ1v) is 6.56. The minimum Gasteiger partial charge on any atom is -0.449 e. The van der Waals surface area contributed by atoms with Crippen LogP contribution in [0.1, 0.15) is 29.7 Å². The summed E-state index contributed by atoms with van der Waals surface area (Å²) in [6.45, 7) is 7.32. The van der Waals surface area contributed by atoms with Crippen LogP contribution in [-0.4, -0.2) is 5.97 Å². The second kappa shape index (κ2) is 6.20. The van der Waals surface area contributed by atoms with Gasteiger partial charge in [0.2, 0.25) is 0 Å². The molecule has 0 N–H and O–H groups in total. The molecule has 1 atom stereocenters. The Labute approximate surface area is 119 Å². The van der Waals surface area contributed by atoms with Crippen molar-refractivity contribution in [1.82, 2.24) is 0 Å². The molecule has 0 aliphatic carbocycles. The molecule has 0 aliphatic heterocycles. The van der Waals surface area contributed by atoms with Crippen molar-refractivity contribution in [2.45, 2.75) is 20.0 Å². The van der Waals surface area contributed by atoms with Gasteiger partial charge < -0.3 is 4.74 Å². The lowest BCUT2D eigenvalue weighted by Crippen LogP contribution is -2.13. The van der Waals surface area contributed by atoms with Gasteiger partial charge in [-0.3, -0.25) is 0 Å². The molecule has 0 heterocycles. The summed E-state index contributed by atoms with van der Waals surface area (Å²) in [6, 6.07) is 17.7. The van der Waals surface area contributed by atoms with E-state index in [2.05, 4.69) is 6.58 Å². The van der Waals surface area contributed by atoms with Crippen LogP contribution in [0.2, 0.25) is 0 Å². The minimum absolute atomic E-state index is 0.376. The van der Waals surface area contributed by atoms with Crippen molar-refractivity contribution in [1.29, 1.82) is 0 Å². The topological polar surface area (TPSA) is 26.3 Å². The summed E-state index contributed by atoms with van der Waals surface area (Å²) in [5, 5.41) is 0. The maximum Gasteiger partial charge on any atom is 0.334 e. The average molecular weight is 266 g/mol. The first-order valence-electron chi connectivity index (χ1n) is 6.56. The lowest BCUT2D eigenvalue weighted by Gasteiger charge is -2.19. The van der Waals surface area contributed by atoms with Gasteiger partial charge in [0.1, 0.15) is 0 Å². The van der Waals surface area contributed by atoms with Crippen LogP contribution in [-0.2, 0) is 9.53 Å². The molecule has 2 aromatic carbocycles. The summed E-state index contributed by atoms with van der Waals surface area (Å²) in [7, 11) is 0. The maximum absolute atomic E-state index is 11.8. The fourth-order valence-corrected chi connectivity index (χ4v) is 1.91. The number of benzene rings is 2. The number of carbonyl (C=O) groups is 1. The summed E-state index contributed by atoms with van der Waals surface area (Å²) in [6.07, 6.45) is -0.402. The van der Waals surface area contributed by atoms with E-state index in [-0.39, 0.29) is 5.97 Å². The fourth-order valence-electron chi connectivity index (χ4n) is 1.91. The summed E-state index contributed by atoms with van der Waals surface area (Å²) in [4.78, 5) is 11.8. The number of aryl methyl sites for hydroxylation is 1. The van der Waals surface area contributed by atoms with E-state index in [1.54, 1.807) is 6.92 Å². The van der Waals surface area contributed by atoms with Crippen molar-refractivity contribution in [3.8, 4) is 0 Å². The Balaban J connectivity index is 2.36. The smallest absolute Gasteiger partial charge is 0.334 e. The zero-order valence-corrected chi connectivity index (χ0v) is 11.8. The number of carbonyl (C=O) groups excluding carboxylic acids is 1. The second-order valence-corrected chi connectivity index (χ2v) is 4.89. The Morgan fingerprint density at radius 2 is 1.55 bits per heavy atom. The van der Waals surface area contributed by atoms with Crippen molar-refractivity contribution >= 4 is 5.97 Å². The van der Waals surface area contributed by atoms with Gasteiger partial charge in [-0.2, -0.15) is 0 Å². The SMILES string of the molecule is C=C(C)C(=O)OC(c1ccccc1)c1ccc(C)cc1. The molecule has 0 bridgehead atoms. The van der Waals surface area contributed by atoms with E-state index in [0.29, 0.717) is 5.57 Å². The van der Waals surface area contributed by atoms with Crippen LogP contribution < -0.4 is 0 Å². The molecule has 2 aromatic rings. The zero-order chi connectivity index (χ0) is 14.5. The molecule has 0 amide bonds. The predicted molar refractivity (Wildman–Crippen MR) is 80.4 cm³/mol.